The van der Waals surface area contributed by atoms with Crippen molar-refractivity contribution in [2.24, 2.45) is 0 Å². The van der Waals surface area contributed by atoms with Crippen LogP contribution in [0, 0.1) is 0 Å². The average molecular weight is 1370 g/mol. The first kappa shape index (κ1) is 95.3. The molecule has 97 heavy (non-hydrogen) atoms. The number of esters is 1. The van der Waals surface area contributed by atoms with Gasteiger partial charge in [-0.3, -0.25) is 9.59 Å². The fraction of sp³-hybridized carbons (Fsp3) is 0.934. The van der Waals surface area contributed by atoms with Crippen LogP contribution in [-0.2, 0) is 14.3 Å². The highest BCUT2D eigenvalue weighted by atomic mass is 16.5. The van der Waals surface area contributed by atoms with E-state index in [-0.39, 0.29) is 18.5 Å². The van der Waals surface area contributed by atoms with Crippen molar-refractivity contribution in [2.45, 2.75) is 533 Å². The Morgan fingerprint density at radius 1 is 0.278 bits per heavy atom. The van der Waals surface area contributed by atoms with E-state index < -0.39 is 12.1 Å². The Balaban J connectivity index is 3.31. The van der Waals surface area contributed by atoms with E-state index in [0.29, 0.717) is 19.4 Å². The molecule has 0 radical (unpaired) electrons. The third-order valence-electron chi connectivity index (χ3n) is 21.5. The quantitative estimate of drug-likeness (QED) is 0.0320. The molecule has 3 N–H and O–H groups in total. The van der Waals surface area contributed by atoms with Gasteiger partial charge >= 0.3 is 5.97 Å². The molecule has 0 aliphatic heterocycles. The van der Waals surface area contributed by atoms with Crippen molar-refractivity contribution in [1.82, 2.24) is 5.32 Å². The van der Waals surface area contributed by atoms with E-state index in [1.807, 2.05) is 6.08 Å². The fourth-order valence-electron chi connectivity index (χ4n) is 14.6. The summed E-state index contributed by atoms with van der Waals surface area (Å²) in [6.07, 6.45) is 114. The monoisotopic (exact) mass is 1360 g/mol. The van der Waals surface area contributed by atoms with Gasteiger partial charge < -0.3 is 20.3 Å². The molecular formula is C91H177NO5. The van der Waals surface area contributed by atoms with Crippen molar-refractivity contribution in [3.05, 3.63) is 24.3 Å². The van der Waals surface area contributed by atoms with Gasteiger partial charge in [-0.25, -0.2) is 0 Å². The van der Waals surface area contributed by atoms with E-state index >= 15 is 0 Å². The van der Waals surface area contributed by atoms with Crippen LogP contribution >= 0.6 is 0 Å². The number of rotatable bonds is 86. The first-order chi connectivity index (χ1) is 48.0. The van der Waals surface area contributed by atoms with Gasteiger partial charge in [0.1, 0.15) is 0 Å². The SMILES string of the molecule is CCCCCCCCC/C=C\CCCCCCCCCC(=O)OCCCCCCCCCCCCCCCCCCCCCCCCCCCCCCCCCCCCCCCCCC(=O)NC(CO)C(O)/C=C/CCCCCCCCCCCCCCCCCCCCCCC. The summed E-state index contributed by atoms with van der Waals surface area (Å²) in [5.41, 5.74) is 0. The lowest BCUT2D eigenvalue weighted by atomic mass is 10.0. The van der Waals surface area contributed by atoms with E-state index in [2.05, 4.69) is 31.3 Å². The van der Waals surface area contributed by atoms with E-state index in [0.717, 1.165) is 38.5 Å². The van der Waals surface area contributed by atoms with E-state index in [1.54, 1.807) is 6.08 Å². The Morgan fingerprint density at radius 3 is 0.732 bits per heavy atom. The zero-order valence-corrected chi connectivity index (χ0v) is 66.4. The number of amides is 1. The minimum Gasteiger partial charge on any atom is -0.466 e. The Kier molecular flexibility index (Phi) is 85.3. The molecule has 1 amide bonds. The molecule has 0 spiro atoms. The molecule has 0 rings (SSSR count). The summed E-state index contributed by atoms with van der Waals surface area (Å²) in [6.45, 7) is 4.97. The van der Waals surface area contributed by atoms with Crippen LogP contribution in [0.3, 0.4) is 0 Å². The van der Waals surface area contributed by atoms with Crippen LogP contribution in [-0.4, -0.2) is 47.4 Å². The minimum absolute atomic E-state index is 0.0223. The van der Waals surface area contributed by atoms with Crippen LogP contribution in [0.4, 0.5) is 0 Å². The topological polar surface area (TPSA) is 95.9 Å². The van der Waals surface area contributed by atoms with Gasteiger partial charge in [0.15, 0.2) is 0 Å². The zero-order chi connectivity index (χ0) is 69.8. The molecule has 0 bridgehead atoms. The number of carbonyl (C=O) groups excluding carboxylic acids is 2. The van der Waals surface area contributed by atoms with Crippen molar-refractivity contribution in [1.29, 1.82) is 0 Å². The molecule has 0 aliphatic carbocycles. The molecule has 0 aliphatic rings. The summed E-state index contributed by atoms with van der Waals surface area (Å²) >= 11 is 0. The Morgan fingerprint density at radius 2 is 0.485 bits per heavy atom. The number of unbranched alkanes of at least 4 members (excludes halogenated alkanes) is 73. The van der Waals surface area contributed by atoms with Gasteiger partial charge in [0.25, 0.3) is 0 Å². The average Bonchev–Trinajstić information content (AvgIpc) is 2.52. The zero-order valence-electron chi connectivity index (χ0n) is 66.4. The Bertz CT molecular complexity index is 1530. The number of aliphatic hydroxyl groups is 2. The molecule has 0 fully saturated rings. The first-order valence-corrected chi connectivity index (χ1v) is 45.1. The number of hydrogen-bond donors (Lipinski definition) is 3. The molecule has 0 aromatic rings. The van der Waals surface area contributed by atoms with E-state index in [4.69, 9.17) is 4.74 Å². The second-order valence-corrected chi connectivity index (χ2v) is 31.3. The van der Waals surface area contributed by atoms with Crippen LogP contribution in [0.25, 0.3) is 0 Å². The molecule has 6 heteroatoms. The van der Waals surface area contributed by atoms with Crippen LogP contribution in [0.5, 0.6) is 0 Å². The number of allylic oxidation sites excluding steroid dienone is 3. The van der Waals surface area contributed by atoms with Gasteiger partial charge in [-0.15, -0.1) is 0 Å². The number of hydrogen-bond acceptors (Lipinski definition) is 5. The van der Waals surface area contributed by atoms with Crippen molar-refractivity contribution < 1.29 is 24.5 Å². The van der Waals surface area contributed by atoms with Gasteiger partial charge in [-0.05, 0) is 57.8 Å². The summed E-state index contributed by atoms with van der Waals surface area (Å²) in [4.78, 5) is 24.7. The molecule has 0 saturated carbocycles. The lowest BCUT2D eigenvalue weighted by Crippen LogP contribution is -2.45. The summed E-state index contributed by atoms with van der Waals surface area (Å²) in [5.74, 6) is -0.0337. The second kappa shape index (κ2) is 86.7. The maximum Gasteiger partial charge on any atom is 0.305 e. The van der Waals surface area contributed by atoms with Crippen LogP contribution < -0.4 is 5.32 Å². The normalized spacial score (nSPS) is 12.5. The van der Waals surface area contributed by atoms with Crippen molar-refractivity contribution in [3.8, 4) is 0 Å². The second-order valence-electron chi connectivity index (χ2n) is 31.3. The molecule has 2 unspecified atom stereocenters. The van der Waals surface area contributed by atoms with Gasteiger partial charge in [0.05, 0.1) is 25.4 Å². The third kappa shape index (κ3) is 83.2. The summed E-state index contributed by atoms with van der Waals surface area (Å²) < 4.78 is 5.52. The standard InChI is InChI=1S/C91H177NO5/c1-3-5-7-9-11-13-15-17-19-21-23-24-42-45-48-51-55-59-63-67-71-75-79-83-89(94)88(87-93)92-90(95)84-80-76-72-68-64-60-56-52-49-46-43-40-38-36-34-32-30-28-26-25-27-29-31-33-35-37-39-41-44-47-50-54-58-62-66-70-74-78-82-86-97-91(96)85-81-77-73-69-65-61-57-53-22-20-18-16-14-12-10-8-6-4-2/h20,22,79,83,88-89,93-94H,3-19,21,23-78,80-82,84-87H2,1-2H3,(H,92,95)/b22-20-,83-79+. The lowest BCUT2D eigenvalue weighted by molar-refractivity contribution is -0.143. The molecule has 0 aromatic carbocycles. The molecule has 2 atom stereocenters. The van der Waals surface area contributed by atoms with Gasteiger partial charge in [0.2, 0.25) is 5.91 Å². The van der Waals surface area contributed by atoms with Crippen molar-refractivity contribution in [2.75, 3.05) is 13.2 Å². The molecule has 0 aromatic heterocycles. The summed E-state index contributed by atoms with van der Waals surface area (Å²) in [6, 6.07) is -0.624. The maximum absolute atomic E-state index is 12.6. The highest BCUT2D eigenvalue weighted by molar-refractivity contribution is 5.76. The van der Waals surface area contributed by atoms with E-state index in [9.17, 15) is 19.8 Å². The number of nitrogens with one attached hydrogen (secondary N) is 1. The summed E-state index contributed by atoms with van der Waals surface area (Å²) in [5, 5.41) is 23.3. The predicted octanol–water partition coefficient (Wildman–Crippen LogP) is 30.3. The third-order valence-corrected chi connectivity index (χ3v) is 21.5. The van der Waals surface area contributed by atoms with Gasteiger partial charge in [-0.1, -0.05) is 475 Å². The highest BCUT2D eigenvalue weighted by Gasteiger charge is 2.18. The Labute approximate surface area is 609 Å². The smallest absolute Gasteiger partial charge is 0.305 e. The molecule has 6 nitrogen and oxygen atoms in total. The summed E-state index contributed by atoms with van der Waals surface area (Å²) in [7, 11) is 0. The molecular weight excluding hydrogens is 1190 g/mol. The van der Waals surface area contributed by atoms with Gasteiger partial charge in [0, 0.05) is 12.8 Å². The van der Waals surface area contributed by atoms with Crippen molar-refractivity contribution in [3.63, 3.8) is 0 Å². The van der Waals surface area contributed by atoms with Crippen LogP contribution in [0.15, 0.2) is 24.3 Å². The van der Waals surface area contributed by atoms with Crippen LogP contribution in [0.1, 0.15) is 521 Å². The minimum atomic E-state index is -0.841. The fourth-order valence-corrected chi connectivity index (χ4v) is 14.6. The predicted molar refractivity (Wildman–Crippen MR) is 430 cm³/mol. The van der Waals surface area contributed by atoms with Gasteiger partial charge in [-0.2, -0.15) is 0 Å². The molecule has 0 heterocycles. The first-order valence-electron chi connectivity index (χ1n) is 45.1. The molecule has 0 saturated heterocycles. The largest absolute Gasteiger partial charge is 0.466 e. The number of aliphatic hydroxyl groups excluding tert-OH is 2. The number of carbonyl (C=O) groups is 2. The number of ether oxygens (including phenoxy) is 1. The van der Waals surface area contributed by atoms with Crippen LogP contribution in [0.2, 0.25) is 0 Å². The molecule has 576 valence electrons. The highest BCUT2D eigenvalue weighted by Crippen LogP contribution is 2.21. The maximum atomic E-state index is 12.6. The van der Waals surface area contributed by atoms with Crippen molar-refractivity contribution >= 4 is 11.9 Å². The van der Waals surface area contributed by atoms with E-state index in [1.165, 1.54) is 456 Å². The Hall–Kier alpha value is -1.66. The lowest BCUT2D eigenvalue weighted by Gasteiger charge is -2.20.